The van der Waals surface area contributed by atoms with Crippen LogP contribution >= 0.6 is 0 Å². The van der Waals surface area contributed by atoms with Crippen molar-refractivity contribution in [1.82, 2.24) is 0 Å². The van der Waals surface area contributed by atoms with E-state index in [9.17, 15) is 17.3 Å². The van der Waals surface area contributed by atoms with E-state index in [1.807, 2.05) is 0 Å². The van der Waals surface area contributed by atoms with Crippen LogP contribution in [0.2, 0.25) is 0 Å². The van der Waals surface area contributed by atoms with E-state index < -0.39 is 24.9 Å². The van der Waals surface area contributed by atoms with Crippen molar-refractivity contribution in [2.24, 2.45) is 0 Å². The fourth-order valence-corrected chi connectivity index (χ4v) is 0.827. The predicted molar refractivity (Wildman–Crippen MR) is 50.1 cm³/mol. The Hall–Kier alpha value is 0.181. The third-order valence-electron chi connectivity index (χ3n) is 1.68. The molecule has 0 unspecified atom stereocenters. The standard InChI is InChI=1S/C9H8BF4O.K/c1-7(10(12,13)14)6-15-9-4-2-3-8(11)5-9;/h2-5H,1,6H2;/q-1;+1. The average molecular weight is 258 g/mol. The van der Waals surface area contributed by atoms with Gasteiger partial charge in [0.25, 0.3) is 0 Å². The minimum absolute atomic E-state index is 0. The number of ether oxygens (including phenoxy) is 1. The summed E-state index contributed by atoms with van der Waals surface area (Å²) in [6.45, 7) is -2.92. The first-order valence-corrected chi connectivity index (χ1v) is 4.15. The van der Waals surface area contributed by atoms with Crippen molar-refractivity contribution in [2.75, 3.05) is 6.61 Å². The molecule has 0 aliphatic heterocycles. The van der Waals surface area contributed by atoms with Crippen LogP contribution < -0.4 is 56.1 Å². The first-order valence-electron chi connectivity index (χ1n) is 4.15. The zero-order chi connectivity index (χ0) is 11.5. The van der Waals surface area contributed by atoms with Crippen LogP contribution in [0.5, 0.6) is 5.75 Å². The van der Waals surface area contributed by atoms with Gasteiger partial charge < -0.3 is 17.7 Å². The maximum absolute atomic E-state index is 12.6. The second-order valence-corrected chi connectivity index (χ2v) is 2.98. The van der Waals surface area contributed by atoms with E-state index >= 15 is 0 Å². The molecule has 1 aromatic carbocycles. The molecule has 0 saturated heterocycles. The Balaban J connectivity index is 0.00000225. The van der Waals surface area contributed by atoms with E-state index in [4.69, 9.17) is 4.74 Å². The number of rotatable bonds is 4. The van der Waals surface area contributed by atoms with Crippen LogP contribution in [0.25, 0.3) is 0 Å². The third-order valence-corrected chi connectivity index (χ3v) is 1.68. The van der Waals surface area contributed by atoms with E-state index in [0.29, 0.717) is 0 Å². The van der Waals surface area contributed by atoms with Crippen molar-refractivity contribution in [3.8, 4) is 5.75 Å². The number of hydrogen-bond acceptors (Lipinski definition) is 1. The SMILES string of the molecule is C=C(COc1cccc(F)c1)[B-](F)(F)F.[K+]. The molecule has 0 N–H and O–H groups in total. The number of halogens is 4. The molecule has 0 saturated carbocycles. The molecule has 1 rings (SSSR count). The summed E-state index contributed by atoms with van der Waals surface area (Å²) < 4.78 is 53.5. The Morgan fingerprint density at radius 2 is 1.94 bits per heavy atom. The second kappa shape index (κ2) is 6.81. The van der Waals surface area contributed by atoms with Gasteiger partial charge in [0, 0.05) is 6.07 Å². The van der Waals surface area contributed by atoms with Gasteiger partial charge in [-0.3, -0.25) is 0 Å². The van der Waals surface area contributed by atoms with Crippen LogP contribution in [0.3, 0.4) is 0 Å². The molecule has 1 aromatic rings. The summed E-state index contributed by atoms with van der Waals surface area (Å²) >= 11 is 0. The smallest absolute Gasteiger partial charge is 0.492 e. The van der Waals surface area contributed by atoms with E-state index in [0.717, 1.165) is 6.07 Å². The molecular formula is C9H8BF4KO. The second-order valence-electron chi connectivity index (χ2n) is 2.98. The van der Waals surface area contributed by atoms with Crippen molar-refractivity contribution in [3.05, 3.63) is 42.1 Å². The Morgan fingerprint density at radius 1 is 1.31 bits per heavy atom. The van der Waals surface area contributed by atoms with Gasteiger partial charge in [0.2, 0.25) is 0 Å². The molecule has 1 nitrogen and oxygen atoms in total. The monoisotopic (exact) mass is 258 g/mol. The van der Waals surface area contributed by atoms with E-state index in [-0.39, 0.29) is 57.1 Å². The quantitative estimate of drug-likeness (QED) is 0.552. The fourth-order valence-electron chi connectivity index (χ4n) is 0.827. The van der Waals surface area contributed by atoms with Gasteiger partial charge in [-0.2, -0.15) is 0 Å². The fraction of sp³-hybridized carbons (Fsp3) is 0.111. The topological polar surface area (TPSA) is 9.23 Å². The van der Waals surface area contributed by atoms with Crippen molar-refractivity contribution < 1.29 is 73.5 Å². The van der Waals surface area contributed by atoms with Crippen molar-refractivity contribution >= 4 is 6.98 Å². The summed E-state index contributed by atoms with van der Waals surface area (Å²) in [6.07, 6.45) is 0. The first kappa shape index (κ1) is 16.2. The van der Waals surface area contributed by atoms with Crippen LogP contribution in [-0.4, -0.2) is 13.6 Å². The maximum atomic E-state index is 12.6. The maximum Gasteiger partial charge on any atom is 1.00 e. The molecule has 0 aliphatic rings. The molecular weight excluding hydrogens is 250 g/mol. The molecule has 0 bridgehead atoms. The Bertz CT molecular complexity index is 367. The summed E-state index contributed by atoms with van der Waals surface area (Å²) in [7, 11) is 0. The van der Waals surface area contributed by atoms with Gasteiger partial charge in [-0.25, -0.2) is 4.39 Å². The minimum atomic E-state index is -5.09. The summed E-state index contributed by atoms with van der Waals surface area (Å²) in [6, 6.07) is 4.91. The molecule has 0 aromatic heterocycles. The van der Waals surface area contributed by atoms with E-state index in [2.05, 4.69) is 6.58 Å². The Kier molecular flexibility index (Phi) is 6.88. The molecule has 82 valence electrons. The summed E-state index contributed by atoms with van der Waals surface area (Å²) in [4.78, 5) is 0. The van der Waals surface area contributed by atoms with E-state index in [1.165, 1.54) is 18.2 Å². The van der Waals surface area contributed by atoms with Crippen molar-refractivity contribution in [3.63, 3.8) is 0 Å². The average Bonchev–Trinajstić information content (AvgIpc) is 2.12. The van der Waals surface area contributed by atoms with Crippen LogP contribution in [-0.2, 0) is 0 Å². The van der Waals surface area contributed by atoms with Gasteiger partial charge in [0.05, 0.1) is 6.61 Å². The summed E-state index contributed by atoms with van der Waals surface area (Å²) in [5.74, 6) is -0.508. The van der Waals surface area contributed by atoms with Gasteiger partial charge in [0.1, 0.15) is 11.6 Å². The Labute approximate surface area is 133 Å². The summed E-state index contributed by atoms with van der Waals surface area (Å²) in [5.41, 5.74) is -0.945. The van der Waals surface area contributed by atoms with Crippen molar-refractivity contribution in [2.45, 2.75) is 0 Å². The molecule has 0 amide bonds. The Morgan fingerprint density at radius 3 is 2.44 bits per heavy atom. The molecule has 0 fully saturated rings. The van der Waals surface area contributed by atoms with Gasteiger partial charge in [-0.1, -0.05) is 6.07 Å². The minimum Gasteiger partial charge on any atom is -0.492 e. The molecule has 0 aliphatic carbocycles. The molecule has 0 heterocycles. The largest absolute Gasteiger partial charge is 1.00 e. The first-order chi connectivity index (χ1) is 6.89. The predicted octanol–water partition coefficient (Wildman–Crippen LogP) is 0.151. The molecule has 0 spiro atoms. The van der Waals surface area contributed by atoms with Crippen LogP contribution in [0, 0.1) is 5.82 Å². The zero-order valence-corrected chi connectivity index (χ0v) is 11.8. The van der Waals surface area contributed by atoms with Crippen molar-refractivity contribution in [1.29, 1.82) is 0 Å². The van der Waals surface area contributed by atoms with Gasteiger partial charge in [-0.15, -0.1) is 12.1 Å². The van der Waals surface area contributed by atoms with Gasteiger partial charge in [-0.05, 0) is 12.1 Å². The van der Waals surface area contributed by atoms with E-state index in [1.54, 1.807) is 0 Å². The van der Waals surface area contributed by atoms with Gasteiger partial charge >= 0.3 is 58.4 Å². The van der Waals surface area contributed by atoms with Crippen LogP contribution in [0.4, 0.5) is 17.3 Å². The normalized spacial score (nSPS) is 10.5. The number of benzene rings is 1. The van der Waals surface area contributed by atoms with Crippen LogP contribution in [0.15, 0.2) is 36.3 Å². The molecule has 16 heavy (non-hydrogen) atoms. The summed E-state index contributed by atoms with van der Waals surface area (Å²) in [5, 5.41) is 0. The molecule has 0 atom stereocenters. The third kappa shape index (κ3) is 5.49. The molecule has 0 radical (unpaired) electrons. The van der Waals surface area contributed by atoms with Gasteiger partial charge in [0.15, 0.2) is 0 Å². The van der Waals surface area contributed by atoms with Crippen LogP contribution in [0.1, 0.15) is 0 Å². The number of hydrogen-bond donors (Lipinski definition) is 0. The zero-order valence-electron chi connectivity index (χ0n) is 8.72. The molecule has 7 heteroatoms.